The lowest BCUT2D eigenvalue weighted by Gasteiger charge is -2.36. The van der Waals surface area contributed by atoms with Gasteiger partial charge in [-0.3, -0.25) is 0 Å². The molecular formula is C6H10FN3O4. The van der Waals surface area contributed by atoms with Gasteiger partial charge in [0.05, 0.1) is 6.61 Å². The van der Waals surface area contributed by atoms with Crippen LogP contribution in [0.4, 0.5) is 4.39 Å². The first-order valence-electron chi connectivity index (χ1n) is 3.92. The van der Waals surface area contributed by atoms with E-state index < -0.39 is 37.3 Å². The first kappa shape index (κ1) is 11.2. The van der Waals surface area contributed by atoms with E-state index >= 15 is 0 Å². The number of nitrogens with zero attached hydrogens (tertiary/aromatic N) is 3. The molecule has 0 aromatic heterocycles. The first-order chi connectivity index (χ1) is 6.61. The fraction of sp³-hybridized carbons (Fsp3) is 1.00. The highest BCUT2D eigenvalue weighted by atomic mass is 19.1. The van der Waals surface area contributed by atoms with Gasteiger partial charge in [0.2, 0.25) is 0 Å². The monoisotopic (exact) mass is 207 g/mol. The molecule has 0 aliphatic carbocycles. The average Bonchev–Trinajstić information content (AvgIpc) is 2.19. The van der Waals surface area contributed by atoms with Crippen LogP contribution in [0.2, 0.25) is 0 Å². The van der Waals surface area contributed by atoms with E-state index in [0.717, 1.165) is 0 Å². The van der Waals surface area contributed by atoms with Crippen LogP contribution in [0.3, 0.4) is 0 Å². The fourth-order valence-electron chi connectivity index (χ4n) is 1.20. The van der Waals surface area contributed by atoms with Crippen LogP contribution in [-0.2, 0) is 4.74 Å². The Bertz CT molecular complexity index is 245. The van der Waals surface area contributed by atoms with Crippen LogP contribution >= 0.6 is 0 Å². The molecule has 8 heteroatoms. The van der Waals surface area contributed by atoms with Gasteiger partial charge < -0.3 is 20.1 Å². The minimum Gasteiger partial charge on any atom is -0.394 e. The molecule has 0 aromatic carbocycles. The molecule has 3 N–H and O–H groups in total. The summed E-state index contributed by atoms with van der Waals surface area (Å²) in [6, 6.07) is 0. The van der Waals surface area contributed by atoms with Gasteiger partial charge in [0.15, 0.2) is 12.4 Å². The van der Waals surface area contributed by atoms with Crippen LogP contribution in [-0.4, -0.2) is 52.6 Å². The Balaban J connectivity index is 2.77. The van der Waals surface area contributed by atoms with Gasteiger partial charge in [-0.25, -0.2) is 4.39 Å². The molecule has 1 unspecified atom stereocenters. The molecule has 1 saturated heterocycles. The van der Waals surface area contributed by atoms with Crippen LogP contribution in [0.25, 0.3) is 10.4 Å². The van der Waals surface area contributed by atoms with Crippen molar-refractivity contribution in [3.63, 3.8) is 0 Å². The number of hydrogen-bond donors (Lipinski definition) is 3. The number of ether oxygens (including phenoxy) is 1. The van der Waals surface area contributed by atoms with E-state index in [1.807, 2.05) is 0 Å². The Morgan fingerprint density at radius 1 is 1.43 bits per heavy atom. The van der Waals surface area contributed by atoms with E-state index in [9.17, 15) is 9.50 Å². The molecule has 0 saturated carbocycles. The van der Waals surface area contributed by atoms with Crippen molar-refractivity contribution in [2.24, 2.45) is 5.11 Å². The molecule has 0 spiro atoms. The second-order valence-electron chi connectivity index (χ2n) is 2.88. The topological polar surface area (TPSA) is 119 Å². The maximum Gasteiger partial charge on any atom is 0.170 e. The zero-order valence-electron chi connectivity index (χ0n) is 7.06. The number of azide groups is 1. The second-order valence-corrected chi connectivity index (χ2v) is 2.88. The first-order valence-corrected chi connectivity index (χ1v) is 3.92. The van der Waals surface area contributed by atoms with E-state index in [4.69, 9.17) is 20.5 Å². The smallest absolute Gasteiger partial charge is 0.170 e. The van der Waals surface area contributed by atoms with Crippen molar-refractivity contribution in [1.82, 2.24) is 0 Å². The zero-order chi connectivity index (χ0) is 10.7. The molecule has 1 heterocycles. The molecular weight excluding hydrogens is 197 g/mol. The van der Waals surface area contributed by atoms with E-state index in [0.29, 0.717) is 0 Å². The molecule has 0 amide bonds. The van der Waals surface area contributed by atoms with Crippen LogP contribution in [0.1, 0.15) is 0 Å². The normalized spacial score (nSPS) is 43.0. The summed E-state index contributed by atoms with van der Waals surface area (Å²) in [5.74, 6) is 0. The van der Waals surface area contributed by atoms with Crippen molar-refractivity contribution in [2.45, 2.75) is 30.7 Å². The molecule has 0 radical (unpaired) electrons. The Kier molecular flexibility index (Phi) is 3.62. The SMILES string of the molecule is [N-]=[N+]=NC1O[C@H](CO)[C@@H](O)[C@H](O)[C@H]1F. The fourth-order valence-corrected chi connectivity index (χ4v) is 1.20. The van der Waals surface area contributed by atoms with Crippen LogP contribution in [0, 0.1) is 0 Å². The molecule has 1 aliphatic heterocycles. The van der Waals surface area contributed by atoms with E-state index in [1.54, 1.807) is 0 Å². The molecule has 0 bridgehead atoms. The third-order valence-corrected chi connectivity index (χ3v) is 1.99. The van der Waals surface area contributed by atoms with Crippen molar-refractivity contribution in [1.29, 1.82) is 0 Å². The number of aliphatic hydroxyl groups excluding tert-OH is 3. The molecule has 7 nitrogen and oxygen atoms in total. The summed E-state index contributed by atoms with van der Waals surface area (Å²) < 4.78 is 17.8. The van der Waals surface area contributed by atoms with Crippen LogP contribution in [0.5, 0.6) is 0 Å². The molecule has 0 aromatic rings. The van der Waals surface area contributed by atoms with Gasteiger partial charge >= 0.3 is 0 Å². The number of rotatable bonds is 2. The highest BCUT2D eigenvalue weighted by molar-refractivity contribution is 4.91. The Morgan fingerprint density at radius 2 is 2.07 bits per heavy atom. The lowest BCUT2D eigenvalue weighted by atomic mass is 10.00. The van der Waals surface area contributed by atoms with Crippen LogP contribution < -0.4 is 0 Å². The minimum absolute atomic E-state index is 0.595. The quantitative estimate of drug-likeness (QED) is 0.308. The number of hydrogen-bond acceptors (Lipinski definition) is 5. The van der Waals surface area contributed by atoms with Gasteiger partial charge in [0, 0.05) is 4.91 Å². The van der Waals surface area contributed by atoms with Gasteiger partial charge in [-0.1, -0.05) is 5.11 Å². The van der Waals surface area contributed by atoms with Crippen molar-refractivity contribution >= 4 is 0 Å². The van der Waals surface area contributed by atoms with Crippen molar-refractivity contribution in [2.75, 3.05) is 6.61 Å². The zero-order valence-corrected chi connectivity index (χ0v) is 7.06. The van der Waals surface area contributed by atoms with E-state index in [2.05, 4.69) is 10.0 Å². The number of halogens is 1. The second kappa shape index (κ2) is 4.54. The third kappa shape index (κ3) is 1.94. The minimum atomic E-state index is -2.00. The largest absolute Gasteiger partial charge is 0.394 e. The summed E-state index contributed by atoms with van der Waals surface area (Å²) in [5.41, 5.74) is 8.05. The molecule has 14 heavy (non-hydrogen) atoms. The van der Waals surface area contributed by atoms with Crippen LogP contribution in [0.15, 0.2) is 5.11 Å². The Morgan fingerprint density at radius 3 is 2.57 bits per heavy atom. The van der Waals surface area contributed by atoms with Gasteiger partial charge in [-0.05, 0) is 5.53 Å². The molecule has 80 valence electrons. The summed E-state index contributed by atoms with van der Waals surface area (Å²) in [6.45, 7) is -0.595. The number of aliphatic hydroxyl groups is 3. The predicted octanol–water partition coefficient (Wildman–Crippen LogP) is -0.926. The molecule has 1 aliphatic rings. The molecule has 5 atom stereocenters. The van der Waals surface area contributed by atoms with Gasteiger partial charge in [0.25, 0.3) is 0 Å². The highest BCUT2D eigenvalue weighted by Crippen LogP contribution is 2.24. The van der Waals surface area contributed by atoms with Gasteiger partial charge in [0.1, 0.15) is 18.3 Å². The standard InChI is InChI=1S/C6H10FN3O4/c7-3-5(13)4(12)2(1-11)14-6(3)9-10-8/h2-6,11-13H,1H2/t2-,3-,4-,5-,6?/m1/s1. The van der Waals surface area contributed by atoms with E-state index in [-0.39, 0.29) is 0 Å². The highest BCUT2D eigenvalue weighted by Gasteiger charge is 2.44. The molecule has 1 rings (SSSR count). The van der Waals surface area contributed by atoms with Crippen molar-refractivity contribution < 1.29 is 24.4 Å². The van der Waals surface area contributed by atoms with Gasteiger partial charge in [-0.15, -0.1) is 0 Å². The maximum absolute atomic E-state index is 13.1. The van der Waals surface area contributed by atoms with E-state index in [1.165, 1.54) is 0 Å². The summed E-state index contributed by atoms with van der Waals surface area (Å²) in [4.78, 5) is 2.32. The van der Waals surface area contributed by atoms with Crippen molar-refractivity contribution in [3.05, 3.63) is 10.4 Å². The Labute approximate surface area is 78.4 Å². The molecule has 1 fully saturated rings. The lowest BCUT2D eigenvalue weighted by Crippen LogP contribution is -2.56. The lowest BCUT2D eigenvalue weighted by molar-refractivity contribution is -0.210. The maximum atomic E-state index is 13.1. The van der Waals surface area contributed by atoms with Gasteiger partial charge in [-0.2, -0.15) is 0 Å². The van der Waals surface area contributed by atoms with Crippen molar-refractivity contribution in [3.8, 4) is 0 Å². The summed E-state index contributed by atoms with van der Waals surface area (Å²) in [7, 11) is 0. The Hall–Kier alpha value is -0.920. The number of alkyl halides is 1. The summed E-state index contributed by atoms with van der Waals surface area (Å²) in [6.07, 6.45) is -7.91. The summed E-state index contributed by atoms with van der Waals surface area (Å²) >= 11 is 0. The third-order valence-electron chi connectivity index (χ3n) is 1.99. The average molecular weight is 207 g/mol. The predicted molar refractivity (Wildman–Crippen MR) is 41.8 cm³/mol. The summed E-state index contributed by atoms with van der Waals surface area (Å²) in [5, 5.41) is 30.0.